The molecule has 0 bridgehead atoms. The molecule has 5 nitrogen and oxygen atoms in total. The summed E-state index contributed by atoms with van der Waals surface area (Å²) in [6.07, 6.45) is 0.832. The first-order valence-corrected chi connectivity index (χ1v) is 11.2. The molecule has 0 aliphatic heterocycles. The van der Waals surface area contributed by atoms with E-state index in [0.29, 0.717) is 12.2 Å². The van der Waals surface area contributed by atoms with E-state index in [4.69, 9.17) is 17.0 Å². The lowest BCUT2D eigenvalue weighted by atomic mass is 10.2. The molecule has 6 heteroatoms. The molecule has 3 aromatic rings. The van der Waals surface area contributed by atoms with Crippen LogP contribution in [-0.4, -0.2) is 30.7 Å². The van der Waals surface area contributed by atoms with E-state index in [1.165, 1.54) is 5.56 Å². The Hall–Kier alpha value is -3.38. The van der Waals surface area contributed by atoms with Gasteiger partial charge >= 0.3 is 0 Å². The Morgan fingerprint density at radius 1 is 0.906 bits per heavy atom. The molecular formula is C26H29N3O2S. The third kappa shape index (κ3) is 6.82. The van der Waals surface area contributed by atoms with Gasteiger partial charge in [-0.1, -0.05) is 30.3 Å². The molecule has 0 fully saturated rings. The monoisotopic (exact) mass is 447 g/mol. The fourth-order valence-electron chi connectivity index (χ4n) is 3.32. The Morgan fingerprint density at radius 2 is 1.56 bits per heavy atom. The molecule has 0 spiro atoms. The van der Waals surface area contributed by atoms with Gasteiger partial charge in [0.2, 0.25) is 0 Å². The van der Waals surface area contributed by atoms with E-state index in [2.05, 4.69) is 41.5 Å². The largest absolute Gasteiger partial charge is 0.493 e. The molecule has 0 heterocycles. The van der Waals surface area contributed by atoms with Crippen LogP contribution in [0.15, 0.2) is 78.9 Å². The van der Waals surface area contributed by atoms with E-state index in [0.717, 1.165) is 36.6 Å². The highest BCUT2D eigenvalue weighted by Gasteiger charge is 2.09. The van der Waals surface area contributed by atoms with E-state index in [1.807, 2.05) is 42.5 Å². The van der Waals surface area contributed by atoms with Gasteiger partial charge in [-0.3, -0.25) is 10.1 Å². The van der Waals surface area contributed by atoms with E-state index in [-0.39, 0.29) is 11.0 Å². The van der Waals surface area contributed by atoms with Gasteiger partial charge in [0.25, 0.3) is 5.91 Å². The number of nitrogens with zero attached hydrogens (tertiary/aromatic N) is 1. The maximum atomic E-state index is 12.5. The van der Waals surface area contributed by atoms with Gasteiger partial charge in [-0.15, -0.1) is 0 Å². The van der Waals surface area contributed by atoms with Gasteiger partial charge in [-0.05, 0) is 80.2 Å². The lowest BCUT2D eigenvalue weighted by Crippen LogP contribution is -2.34. The molecule has 3 rings (SSSR count). The van der Waals surface area contributed by atoms with Gasteiger partial charge in [0.15, 0.2) is 5.11 Å². The molecule has 0 aliphatic carbocycles. The first-order valence-electron chi connectivity index (χ1n) is 10.8. The number of amides is 1. The predicted octanol–water partition coefficient (Wildman–Crippen LogP) is 5.28. The number of nitrogens with one attached hydrogen (secondary N) is 2. The number of rotatable bonds is 9. The lowest BCUT2D eigenvalue weighted by Gasteiger charge is -2.21. The summed E-state index contributed by atoms with van der Waals surface area (Å²) in [4.78, 5) is 14.8. The fraction of sp³-hybridized carbons (Fsp3) is 0.231. The molecule has 0 saturated carbocycles. The molecule has 0 atom stereocenters. The van der Waals surface area contributed by atoms with Gasteiger partial charge in [-0.25, -0.2) is 0 Å². The lowest BCUT2D eigenvalue weighted by molar-refractivity contribution is 0.0977. The summed E-state index contributed by atoms with van der Waals surface area (Å²) in [5.74, 6) is 0.463. The SMILES string of the molecule is CCN(CC)c1ccc(NC(=S)NC(=O)c2ccc(OCCc3ccccc3)cc2)cc1. The summed E-state index contributed by atoms with van der Waals surface area (Å²) in [6, 6.07) is 25.2. The highest BCUT2D eigenvalue weighted by molar-refractivity contribution is 7.80. The number of carbonyl (C=O) groups is 1. The predicted molar refractivity (Wildman–Crippen MR) is 136 cm³/mol. The van der Waals surface area contributed by atoms with Crippen molar-refractivity contribution in [3.05, 3.63) is 90.0 Å². The molecule has 0 aromatic heterocycles. The van der Waals surface area contributed by atoms with Gasteiger partial charge in [-0.2, -0.15) is 0 Å². The minimum absolute atomic E-state index is 0.258. The molecule has 32 heavy (non-hydrogen) atoms. The first-order chi connectivity index (χ1) is 15.6. The van der Waals surface area contributed by atoms with Crippen LogP contribution >= 0.6 is 12.2 Å². The number of carbonyl (C=O) groups excluding carboxylic acids is 1. The highest BCUT2D eigenvalue weighted by atomic mass is 32.1. The molecule has 2 N–H and O–H groups in total. The van der Waals surface area contributed by atoms with Crippen LogP contribution in [0.1, 0.15) is 29.8 Å². The number of thiocarbonyl (C=S) groups is 1. The molecule has 0 aliphatic rings. The van der Waals surface area contributed by atoms with E-state index >= 15 is 0 Å². The molecule has 166 valence electrons. The minimum Gasteiger partial charge on any atom is -0.493 e. The van der Waals surface area contributed by atoms with Crippen LogP contribution in [0.25, 0.3) is 0 Å². The second-order valence-corrected chi connectivity index (χ2v) is 7.64. The Bertz CT molecular complexity index is 1000. The van der Waals surface area contributed by atoms with Crippen molar-refractivity contribution in [2.24, 2.45) is 0 Å². The maximum Gasteiger partial charge on any atom is 0.257 e. The van der Waals surface area contributed by atoms with Crippen LogP contribution < -0.4 is 20.3 Å². The summed E-state index contributed by atoms with van der Waals surface area (Å²) in [5, 5.41) is 6.03. The van der Waals surface area contributed by atoms with Crippen LogP contribution in [-0.2, 0) is 6.42 Å². The smallest absolute Gasteiger partial charge is 0.257 e. The summed E-state index contributed by atoms with van der Waals surface area (Å²) in [5.41, 5.74) is 3.73. The Morgan fingerprint density at radius 3 is 2.19 bits per heavy atom. The molecule has 0 radical (unpaired) electrons. The third-order valence-electron chi connectivity index (χ3n) is 5.10. The van der Waals surface area contributed by atoms with E-state index in [1.54, 1.807) is 24.3 Å². The average molecular weight is 448 g/mol. The number of hydrogen-bond acceptors (Lipinski definition) is 4. The van der Waals surface area contributed by atoms with Gasteiger partial charge in [0, 0.05) is 36.4 Å². The maximum absolute atomic E-state index is 12.5. The molecule has 0 unspecified atom stereocenters. The van der Waals surface area contributed by atoms with E-state index < -0.39 is 0 Å². The van der Waals surface area contributed by atoms with Gasteiger partial charge < -0.3 is 15.0 Å². The third-order valence-corrected chi connectivity index (χ3v) is 5.30. The number of benzene rings is 3. The Labute approximate surface area is 195 Å². The highest BCUT2D eigenvalue weighted by Crippen LogP contribution is 2.18. The van der Waals surface area contributed by atoms with Crippen molar-refractivity contribution in [2.75, 3.05) is 29.9 Å². The van der Waals surface area contributed by atoms with Crippen molar-refractivity contribution in [2.45, 2.75) is 20.3 Å². The average Bonchev–Trinajstić information content (AvgIpc) is 2.82. The minimum atomic E-state index is -0.266. The molecule has 1 amide bonds. The fourth-order valence-corrected chi connectivity index (χ4v) is 3.53. The summed E-state index contributed by atoms with van der Waals surface area (Å²) < 4.78 is 5.77. The van der Waals surface area contributed by atoms with Crippen molar-refractivity contribution in [1.29, 1.82) is 0 Å². The zero-order valence-corrected chi connectivity index (χ0v) is 19.3. The van der Waals surface area contributed by atoms with Crippen molar-refractivity contribution in [1.82, 2.24) is 5.32 Å². The molecule has 0 saturated heterocycles. The van der Waals surface area contributed by atoms with Crippen LogP contribution in [0.5, 0.6) is 5.75 Å². The summed E-state index contributed by atoms with van der Waals surface area (Å²) in [7, 11) is 0. The number of ether oxygens (including phenoxy) is 1. The van der Waals surface area contributed by atoms with Gasteiger partial charge in [0.05, 0.1) is 6.61 Å². The van der Waals surface area contributed by atoms with Crippen molar-refractivity contribution in [3.8, 4) is 5.75 Å². The summed E-state index contributed by atoms with van der Waals surface area (Å²) >= 11 is 5.29. The Balaban J connectivity index is 1.47. The van der Waals surface area contributed by atoms with Crippen molar-refractivity contribution in [3.63, 3.8) is 0 Å². The normalized spacial score (nSPS) is 10.3. The quantitative estimate of drug-likeness (QED) is 0.437. The van der Waals surface area contributed by atoms with Crippen LogP contribution in [0, 0.1) is 0 Å². The van der Waals surface area contributed by atoms with Crippen molar-refractivity contribution < 1.29 is 9.53 Å². The number of hydrogen-bond donors (Lipinski definition) is 2. The molecule has 3 aromatic carbocycles. The van der Waals surface area contributed by atoms with Crippen LogP contribution in [0.3, 0.4) is 0 Å². The van der Waals surface area contributed by atoms with Gasteiger partial charge in [0.1, 0.15) is 5.75 Å². The first kappa shape index (κ1) is 23.3. The van der Waals surface area contributed by atoms with E-state index in [9.17, 15) is 4.79 Å². The second kappa shape index (κ2) is 11.9. The van der Waals surface area contributed by atoms with Crippen LogP contribution in [0.2, 0.25) is 0 Å². The standard InChI is InChI=1S/C26H29N3O2S/c1-3-29(4-2)23-14-12-22(13-15-23)27-26(32)28-25(30)21-10-16-24(17-11-21)31-19-18-20-8-6-5-7-9-20/h5-17H,3-4,18-19H2,1-2H3,(H2,27,28,30,32). The van der Waals surface area contributed by atoms with Crippen molar-refractivity contribution >= 4 is 34.6 Å². The Kier molecular flexibility index (Phi) is 8.63. The second-order valence-electron chi connectivity index (χ2n) is 7.24. The zero-order chi connectivity index (χ0) is 22.8. The zero-order valence-electron chi connectivity index (χ0n) is 18.5. The summed E-state index contributed by atoms with van der Waals surface area (Å²) in [6.45, 7) is 6.74. The van der Waals surface area contributed by atoms with Crippen LogP contribution in [0.4, 0.5) is 11.4 Å². The topological polar surface area (TPSA) is 53.6 Å². The number of anilines is 2. The molecular weight excluding hydrogens is 418 g/mol.